The molecule has 2 saturated carbocycles. The minimum atomic E-state index is -0.324. The van der Waals surface area contributed by atoms with Gasteiger partial charge in [0.25, 0.3) is 0 Å². The summed E-state index contributed by atoms with van der Waals surface area (Å²) in [6.45, 7) is 0.809. The number of rotatable bonds is 2. The first-order valence-electron chi connectivity index (χ1n) is 6.91. The van der Waals surface area contributed by atoms with Gasteiger partial charge in [0.05, 0.1) is 24.0 Å². The van der Waals surface area contributed by atoms with Gasteiger partial charge >= 0.3 is 5.97 Å². The Morgan fingerprint density at radius 2 is 2.32 bits per heavy atom. The molecule has 5 nitrogen and oxygen atoms in total. The maximum atomic E-state index is 12.1. The van der Waals surface area contributed by atoms with Gasteiger partial charge in [-0.15, -0.1) is 0 Å². The second-order valence-corrected chi connectivity index (χ2v) is 6.36. The predicted molar refractivity (Wildman–Crippen MR) is 67.9 cm³/mol. The van der Waals surface area contributed by atoms with E-state index in [1.807, 2.05) is 0 Å². The van der Waals surface area contributed by atoms with Gasteiger partial charge in [0.15, 0.2) is 5.69 Å². The Morgan fingerprint density at radius 1 is 1.47 bits per heavy atom. The SMILES string of the molecule is O=C(OC1C2CCOC2C12CCCC2)c1cnsn1. The van der Waals surface area contributed by atoms with Gasteiger partial charge in [-0.1, -0.05) is 12.8 Å². The van der Waals surface area contributed by atoms with Crippen molar-refractivity contribution in [2.75, 3.05) is 6.61 Å². The molecule has 2 heterocycles. The Balaban J connectivity index is 1.55. The highest BCUT2D eigenvalue weighted by molar-refractivity contribution is 6.99. The molecule has 0 N–H and O–H groups in total. The normalized spacial score (nSPS) is 35.1. The summed E-state index contributed by atoms with van der Waals surface area (Å²) in [5.74, 6) is 0.0732. The van der Waals surface area contributed by atoms with Gasteiger partial charge < -0.3 is 9.47 Å². The molecule has 1 saturated heterocycles. The third kappa shape index (κ3) is 1.59. The van der Waals surface area contributed by atoms with Crippen LogP contribution in [0.4, 0.5) is 0 Å². The molecule has 1 spiro atoms. The van der Waals surface area contributed by atoms with E-state index in [2.05, 4.69) is 8.75 Å². The molecule has 0 radical (unpaired) electrons. The molecule has 3 fully saturated rings. The van der Waals surface area contributed by atoms with Crippen molar-refractivity contribution in [3.05, 3.63) is 11.9 Å². The molecule has 0 aromatic carbocycles. The van der Waals surface area contributed by atoms with Crippen molar-refractivity contribution in [2.45, 2.75) is 44.3 Å². The van der Waals surface area contributed by atoms with E-state index in [9.17, 15) is 4.79 Å². The van der Waals surface area contributed by atoms with Gasteiger partial charge in [-0.25, -0.2) is 4.79 Å². The maximum absolute atomic E-state index is 12.1. The molecule has 6 heteroatoms. The van der Waals surface area contributed by atoms with Crippen LogP contribution in [0, 0.1) is 11.3 Å². The molecule has 2 aliphatic carbocycles. The first kappa shape index (κ1) is 11.8. The van der Waals surface area contributed by atoms with Gasteiger partial charge in [-0.05, 0) is 19.3 Å². The van der Waals surface area contributed by atoms with E-state index in [0.29, 0.717) is 17.7 Å². The van der Waals surface area contributed by atoms with Gasteiger partial charge in [0.1, 0.15) is 6.10 Å². The molecule has 1 aliphatic heterocycles. The highest BCUT2D eigenvalue weighted by Gasteiger charge is 2.66. The van der Waals surface area contributed by atoms with E-state index in [4.69, 9.17) is 9.47 Å². The zero-order valence-corrected chi connectivity index (χ0v) is 11.4. The lowest BCUT2D eigenvalue weighted by Crippen LogP contribution is -2.63. The lowest BCUT2D eigenvalue weighted by Gasteiger charge is -2.55. The van der Waals surface area contributed by atoms with Crippen LogP contribution in [0.3, 0.4) is 0 Å². The number of aromatic nitrogens is 2. The van der Waals surface area contributed by atoms with Crippen LogP contribution in [-0.4, -0.2) is 33.5 Å². The van der Waals surface area contributed by atoms with Crippen LogP contribution in [0.2, 0.25) is 0 Å². The average molecular weight is 280 g/mol. The Morgan fingerprint density at radius 3 is 3.05 bits per heavy atom. The quantitative estimate of drug-likeness (QED) is 0.776. The van der Waals surface area contributed by atoms with Crippen LogP contribution in [0.5, 0.6) is 0 Å². The monoisotopic (exact) mass is 280 g/mol. The minimum absolute atomic E-state index is 0.0247. The van der Waals surface area contributed by atoms with Crippen molar-refractivity contribution in [2.24, 2.45) is 11.3 Å². The molecule has 3 aliphatic rings. The third-order valence-corrected chi connectivity index (χ3v) is 5.48. The number of esters is 1. The number of nitrogens with zero attached hydrogens (tertiary/aromatic N) is 2. The Hall–Kier alpha value is -1.01. The first-order valence-corrected chi connectivity index (χ1v) is 7.64. The largest absolute Gasteiger partial charge is 0.456 e. The molecular weight excluding hydrogens is 264 g/mol. The molecule has 3 unspecified atom stereocenters. The summed E-state index contributed by atoms with van der Waals surface area (Å²) in [6.07, 6.45) is 7.54. The summed E-state index contributed by atoms with van der Waals surface area (Å²) in [7, 11) is 0. The third-order valence-electron chi connectivity index (χ3n) is 5.00. The number of ether oxygens (including phenoxy) is 2. The van der Waals surface area contributed by atoms with Crippen LogP contribution in [-0.2, 0) is 9.47 Å². The predicted octanol–water partition coefficient (Wildman–Crippen LogP) is 2.04. The van der Waals surface area contributed by atoms with Crippen LogP contribution >= 0.6 is 11.7 Å². The summed E-state index contributed by atoms with van der Waals surface area (Å²) in [6, 6.07) is 0. The Bertz CT molecular complexity index is 484. The lowest BCUT2D eigenvalue weighted by atomic mass is 9.56. The summed E-state index contributed by atoms with van der Waals surface area (Å²) in [5, 5.41) is 0. The molecule has 1 aromatic heterocycles. The highest BCUT2D eigenvalue weighted by atomic mass is 32.1. The zero-order valence-electron chi connectivity index (χ0n) is 10.6. The van der Waals surface area contributed by atoms with Gasteiger partial charge in [0.2, 0.25) is 0 Å². The summed E-state index contributed by atoms with van der Waals surface area (Å²) in [4.78, 5) is 12.1. The Labute approximate surface area is 115 Å². The number of carbonyl (C=O) groups excluding carboxylic acids is 1. The molecule has 3 atom stereocenters. The number of hydrogen-bond acceptors (Lipinski definition) is 6. The number of carbonyl (C=O) groups is 1. The lowest BCUT2D eigenvalue weighted by molar-refractivity contribution is -0.198. The molecular formula is C13H16N2O3S. The van der Waals surface area contributed by atoms with Crippen molar-refractivity contribution in [3.8, 4) is 0 Å². The fourth-order valence-electron chi connectivity index (χ4n) is 4.22. The average Bonchev–Trinajstić information content (AvgIpc) is 3.13. The fourth-order valence-corrected chi connectivity index (χ4v) is 4.62. The van der Waals surface area contributed by atoms with Gasteiger partial charge in [-0.2, -0.15) is 8.75 Å². The van der Waals surface area contributed by atoms with E-state index >= 15 is 0 Å². The highest BCUT2D eigenvalue weighted by Crippen LogP contribution is 2.61. The fraction of sp³-hybridized carbons (Fsp3) is 0.769. The first-order chi connectivity index (χ1) is 9.31. The molecule has 1 aromatic rings. The molecule has 102 valence electrons. The van der Waals surface area contributed by atoms with E-state index in [1.165, 1.54) is 19.0 Å². The summed E-state index contributed by atoms with van der Waals surface area (Å²) < 4.78 is 19.5. The van der Waals surface area contributed by atoms with E-state index < -0.39 is 0 Å². The Kier molecular flexibility index (Phi) is 2.63. The smallest absolute Gasteiger partial charge is 0.360 e. The van der Waals surface area contributed by atoms with Crippen molar-refractivity contribution >= 4 is 17.7 Å². The molecule has 19 heavy (non-hydrogen) atoms. The van der Waals surface area contributed by atoms with Crippen LogP contribution < -0.4 is 0 Å². The van der Waals surface area contributed by atoms with Crippen molar-refractivity contribution < 1.29 is 14.3 Å². The molecule has 0 bridgehead atoms. The van der Waals surface area contributed by atoms with Crippen molar-refractivity contribution in [3.63, 3.8) is 0 Å². The number of hydrogen-bond donors (Lipinski definition) is 0. The van der Waals surface area contributed by atoms with E-state index in [-0.39, 0.29) is 17.5 Å². The summed E-state index contributed by atoms with van der Waals surface area (Å²) >= 11 is 1.04. The standard InChI is InChI=1S/C13H16N2O3S/c16-12(9-7-14-19-15-9)18-11-8-3-6-17-10(8)13(11)4-1-2-5-13/h7-8,10-11H,1-6H2. The maximum Gasteiger partial charge on any atom is 0.360 e. The van der Waals surface area contributed by atoms with E-state index in [1.54, 1.807) is 0 Å². The van der Waals surface area contributed by atoms with Gasteiger partial charge in [0, 0.05) is 17.9 Å². The van der Waals surface area contributed by atoms with Crippen LogP contribution in [0.1, 0.15) is 42.6 Å². The van der Waals surface area contributed by atoms with Crippen LogP contribution in [0.25, 0.3) is 0 Å². The summed E-state index contributed by atoms with van der Waals surface area (Å²) in [5.41, 5.74) is 0.431. The number of fused-ring (bicyclic) bond motifs is 2. The minimum Gasteiger partial charge on any atom is -0.456 e. The molecule has 4 rings (SSSR count). The van der Waals surface area contributed by atoms with Crippen molar-refractivity contribution in [1.29, 1.82) is 0 Å². The van der Waals surface area contributed by atoms with E-state index in [0.717, 1.165) is 37.6 Å². The van der Waals surface area contributed by atoms with Crippen molar-refractivity contribution in [1.82, 2.24) is 8.75 Å². The molecule has 0 amide bonds. The topological polar surface area (TPSA) is 61.3 Å². The zero-order chi connectivity index (χ0) is 12.9. The second-order valence-electron chi connectivity index (χ2n) is 5.80. The second kappa shape index (κ2) is 4.24. The van der Waals surface area contributed by atoms with Gasteiger partial charge in [-0.3, -0.25) is 0 Å². The van der Waals surface area contributed by atoms with Crippen LogP contribution in [0.15, 0.2) is 6.20 Å².